The number of rotatable bonds is 10. The van der Waals surface area contributed by atoms with E-state index in [-0.39, 0.29) is 19.1 Å². The maximum Gasteiger partial charge on any atom is 0.419 e. The number of alkyl halides is 3. The molecule has 3 aromatic rings. The second kappa shape index (κ2) is 12.5. The summed E-state index contributed by atoms with van der Waals surface area (Å²) in [6, 6.07) is 18.3. The van der Waals surface area contributed by atoms with Crippen molar-refractivity contribution in [1.82, 2.24) is 10.6 Å². The van der Waals surface area contributed by atoms with Crippen LogP contribution in [-0.2, 0) is 30.5 Å². The number of alkyl carbamates (subject to hydrolysis) is 1. The van der Waals surface area contributed by atoms with E-state index in [2.05, 4.69) is 5.32 Å². The van der Waals surface area contributed by atoms with Gasteiger partial charge in [-0.3, -0.25) is 9.59 Å². The molecule has 41 heavy (non-hydrogen) atoms. The largest absolute Gasteiger partial charge is 0.479 e. The van der Waals surface area contributed by atoms with E-state index in [0.717, 1.165) is 22.3 Å². The molecule has 3 aromatic carbocycles. The van der Waals surface area contributed by atoms with Gasteiger partial charge in [0.05, 0.1) is 6.42 Å². The number of nitrogens with one attached hydrogen (secondary N) is 2. The van der Waals surface area contributed by atoms with E-state index in [1.54, 1.807) is 30.3 Å². The highest BCUT2D eigenvalue weighted by molar-refractivity contribution is 5.92. The number of halogens is 3. The zero-order valence-corrected chi connectivity index (χ0v) is 21.4. The molecule has 0 fully saturated rings. The number of hydrogen-bond acceptors (Lipinski definition) is 6. The SMILES string of the molecule is O=C(C[C@H](NC(=O)OCC1c2ccccc2-c2ccccc21)C(=O)NC(C(=O)O)C(F)(F)F)OCc1ccccc1. The molecule has 2 amide bonds. The third kappa shape index (κ3) is 7.21. The van der Waals surface area contributed by atoms with Gasteiger partial charge in [0.1, 0.15) is 19.3 Å². The van der Waals surface area contributed by atoms with Crippen molar-refractivity contribution in [3.05, 3.63) is 95.6 Å². The number of carbonyl (C=O) groups is 4. The monoisotopic (exact) mass is 570 g/mol. The van der Waals surface area contributed by atoms with Gasteiger partial charge < -0.3 is 25.2 Å². The molecule has 214 valence electrons. The maximum absolute atomic E-state index is 13.2. The molecule has 4 rings (SSSR count). The molecule has 0 heterocycles. The van der Waals surface area contributed by atoms with Crippen LogP contribution in [0.5, 0.6) is 0 Å². The Morgan fingerprint density at radius 2 is 1.37 bits per heavy atom. The number of aliphatic carboxylic acids is 1. The Morgan fingerprint density at radius 1 is 0.805 bits per heavy atom. The number of carboxylic acid groups (broad SMARTS) is 1. The molecule has 3 N–H and O–H groups in total. The van der Waals surface area contributed by atoms with Crippen molar-refractivity contribution in [3.8, 4) is 11.1 Å². The fraction of sp³-hybridized carbons (Fsp3) is 0.241. The molecule has 12 heteroatoms. The number of fused-ring (bicyclic) bond motifs is 3. The van der Waals surface area contributed by atoms with Crippen LogP contribution in [0.4, 0.5) is 18.0 Å². The minimum absolute atomic E-state index is 0.174. The van der Waals surface area contributed by atoms with Gasteiger partial charge in [0.25, 0.3) is 0 Å². The van der Waals surface area contributed by atoms with Crippen LogP contribution in [0.15, 0.2) is 78.9 Å². The quantitative estimate of drug-likeness (QED) is 0.312. The second-order valence-electron chi connectivity index (χ2n) is 9.19. The van der Waals surface area contributed by atoms with Gasteiger partial charge >= 0.3 is 24.2 Å². The standard InChI is InChI=1S/C29H25F3N2O7/c30-29(31,32)25(27(37)38)34-26(36)23(14-24(35)40-15-17-8-2-1-3-9-17)33-28(39)41-16-22-20-12-6-4-10-18(20)19-11-5-7-13-21(19)22/h1-13,22-23,25H,14-16H2,(H,33,39)(H,34,36)(H,37,38)/t23-,25?/m0/s1. The van der Waals surface area contributed by atoms with Gasteiger partial charge in [-0.1, -0.05) is 78.9 Å². The topological polar surface area (TPSA) is 131 Å². The first-order chi connectivity index (χ1) is 19.5. The van der Waals surface area contributed by atoms with Crippen molar-refractivity contribution < 1.29 is 46.9 Å². The van der Waals surface area contributed by atoms with Gasteiger partial charge in [-0.05, 0) is 27.8 Å². The molecule has 1 unspecified atom stereocenters. The Labute approximate surface area is 232 Å². The normalized spacial score (nSPS) is 13.7. The van der Waals surface area contributed by atoms with E-state index < -0.39 is 48.6 Å². The second-order valence-corrected chi connectivity index (χ2v) is 9.19. The van der Waals surface area contributed by atoms with Crippen LogP contribution in [0.1, 0.15) is 29.0 Å². The lowest BCUT2D eigenvalue weighted by Gasteiger charge is -2.22. The first-order valence-corrected chi connectivity index (χ1v) is 12.5. The Bertz CT molecular complexity index is 1380. The summed E-state index contributed by atoms with van der Waals surface area (Å²) in [7, 11) is 0. The highest BCUT2D eigenvalue weighted by Gasteiger charge is 2.47. The van der Waals surface area contributed by atoms with Crippen molar-refractivity contribution in [1.29, 1.82) is 0 Å². The third-order valence-electron chi connectivity index (χ3n) is 6.43. The van der Waals surface area contributed by atoms with Gasteiger partial charge in [0.15, 0.2) is 0 Å². The molecule has 0 radical (unpaired) electrons. The summed E-state index contributed by atoms with van der Waals surface area (Å²) in [5.41, 5.74) is 4.32. The Morgan fingerprint density at radius 3 is 1.93 bits per heavy atom. The molecule has 0 aliphatic heterocycles. The van der Waals surface area contributed by atoms with E-state index in [9.17, 15) is 32.3 Å². The van der Waals surface area contributed by atoms with E-state index in [1.165, 1.54) is 5.32 Å². The van der Waals surface area contributed by atoms with Crippen molar-refractivity contribution in [2.45, 2.75) is 37.2 Å². The Balaban J connectivity index is 1.45. The Kier molecular flexibility index (Phi) is 8.91. The zero-order valence-electron chi connectivity index (χ0n) is 21.4. The highest BCUT2D eigenvalue weighted by Crippen LogP contribution is 2.44. The Hall–Kier alpha value is -4.87. The van der Waals surface area contributed by atoms with Crippen LogP contribution in [0, 0.1) is 0 Å². The summed E-state index contributed by atoms with van der Waals surface area (Å²) < 4.78 is 49.9. The lowest BCUT2D eigenvalue weighted by atomic mass is 9.98. The van der Waals surface area contributed by atoms with Crippen molar-refractivity contribution >= 4 is 23.9 Å². The summed E-state index contributed by atoms with van der Waals surface area (Å²) in [4.78, 5) is 49.0. The van der Waals surface area contributed by atoms with Crippen LogP contribution in [-0.4, -0.2) is 53.9 Å². The molecular weight excluding hydrogens is 545 g/mol. The van der Waals surface area contributed by atoms with Crippen molar-refractivity contribution in [2.75, 3.05) is 6.61 Å². The van der Waals surface area contributed by atoms with Crippen molar-refractivity contribution in [2.24, 2.45) is 0 Å². The highest BCUT2D eigenvalue weighted by atomic mass is 19.4. The van der Waals surface area contributed by atoms with Gasteiger partial charge in [-0.15, -0.1) is 0 Å². The van der Waals surface area contributed by atoms with E-state index in [4.69, 9.17) is 14.6 Å². The minimum Gasteiger partial charge on any atom is -0.479 e. The van der Waals surface area contributed by atoms with Gasteiger partial charge in [-0.2, -0.15) is 13.2 Å². The number of hydrogen-bond donors (Lipinski definition) is 3. The van der Waals surface area contributed by atoms with E-state index in [1.807, 2.05) is 48.5 Å². The van der Waals surface area contributed by atoms with Crippen LogP contribution >= 0.6 is 0 Å². The lowest BCUT2D eigenvalue weighted by molar-refractivity contribution is -0.182. The maximum atomic E-state index is 13.2. The third-order valence-corrected chi connectivity index (χ3v) is 6.43. The van der Waals surface area contributed by atoms with Crippen LogP contribution in [0.2, 0.25) is 0 Å². The summed E-state index contributed by atoms with van der Waals surface area (Å²) in [6.45, 7) is -0.369. The molecule has 2 atom stereocenters. The number of carbonyl (C=O) groups excluding carboxylic acids is 3. The molecule has 9 nitrogen and oxygen atoms in total. The summed E-state index contributed by atoms with van der Waals surface area (Å²) in [6.07, 6.45) is -7.40. The molecule has 0 aromatic heterocycles. The number of esters is 1. The molecule has 1 aliphatic carbocycles. The van der Waals surface area contributed by atoms with Gasteiger partial charge in [0.2, 0.25) is 11.9 Å². The van der Waals surface area contributed by atoms with Gasteiger partial charge in [0, 0.05) is 5.92 Å². The molecule has 0 saturated heterocycles. The van der Waals surface area contributed by atoms with E-state index >= 15 is 0 Å². The van der Waals surface area contributed by atoms with Crippen LogP contribution in [0.3, 0.4) is 0 Å². The smallest absolute Gasteiger partial charge is 0.419 e. The molecular formula is C29H25F3N2O7. The fourth-order valence-corrected chi connectivity index (χ4v) is 4.48. The summed E-state index contributed by atoms with van der Waals surface area (Å²) in [5, 5.41) is 12.3. The fourth-order valence-electron chi connectivity index (χ4n) is 4.48. The number of carboxylic acids is 1. The lowest BCUT2D eigenvalue weighted by Crippen LogP contribution is -2.57. The van der Waals surface area contributed by atoms with Crippen LogP contribution < -0.4 is 10.6 Å². The first-order valence-electron chi connectivity index (χ1n) is 12.5. The molecule has 0 spiro atoms. The van der Waals surface area contributed by atoms with Crippen molar-refractivity contribution in [3.63, 3.8) is 0 Å². The van der Waals surface area contributed by atoms with Gasteiger partial charge in [-0.25, -0.2) is 9.59 Å². The number of benzene rings is 3. The summed E-state index contributed by atoms with van der Waals surface area (Å²) >= 11 is 0. The zero-order chi connectivity index (χ0) is 29.6. The predicted octanol–water partition coefficient (Wildman–Crippen LogP) is 4.16. The number of amides is 2. The minimum atomic E-state index is -5.33. The first kappa shape index (κ1) is 29.1. The molecule has 1 aliphatic rings. The van der Waals surface area contributed by atoms with E-state index in [0.29, 0.717) is 5.56 Å². The predicted molar refractivity (Wildman–Crippen MR) is 138 cm³/mol. The van der Waals surface area contributed by atoms with Crippen LogP contribution in [0.25, 0.3) is 11.1 Å². The average molecular weight is 571 g/mol. The average Bonchev–Trinajstić information content (AvgIpc) is 3.26. The molecule has 0 saturated carbocycles. The molecule has 0 bridgehead atoms. The summed E-state index contributed by atoms with van der Waals surface area (Å²) in [5.74, 6) is -5.29. The number of ether oxygens (including phenoxy) is 2.